The quantitative estimate of drug-likeness (QED) is 0.493. The van der Waals surface area contributed by atoms with Gasteiger partial charge < -0.3 is 22.5 Å². The number of carboxylic acids is 2. The van der Waals surface area contributed by atoms with Gasteiger partial charge >= 0.3 is 11.9 Å². The molecular weight excluding hydrogens is 268 g/mol. The van der Waals surface area contributed by atoms with E-state index < -0.39 is 38.1 Å². The molecule has 9 N–H and O–H groups in total. The summed E-state index contributed by atoms with van der Waals surface area (Å²) in [5.41, 5.74) is -1.26. The molecule has 0 unspecified atom stereocenters. The van der Waals surface area contributed by atoms with Crippen LogP contribution in [-0.4, -0.2) is 35.1 Å². The minimum atomic E-state index is -4.56. The second-order valence-electron chi connectivity index (χ2n) is 2.79. The lowest BCUT2D eigenvalue weighted by Gasteiger charge is -2.03. The minimum Gasteiger partial charge on any atom is -0.478 e. The van der Waals surface area contributed by atoms with Crippen molar-refractivity contribution in [3.63, 3.8) is 0 Å². The van der Waals surface area contributed by atoms with E-state index in [2.05, 4.69) is 0 Å². The van der Waals surface area contributed by atoms with E-state index in [-0.39, 0.29) is 12.3 Å². The van der Waals surface area contributed by atoms with Crippen molar-refractivity contribution < 1.29 is 32.8 Å². The van der Waals surface area contributed by atoms with Gasteiger partial charge in [0.2, 0.25) is 0 Å². The Labute approximate surface area is 102 Å². The predicted octanol–water partition coefficient (Wildman–Crippen LogP) is 0.654. The molecule has 0 atom stereocenters. The molecule has 0 amide bonds. The highest BCUT2D eigenvalue weighted by molar-refractivity contribution is 7.85. The molecule has 0 heterocycles. The molecule has 0 saturated carbocycles. The Bertz CT molecular complexity index is 567. The van der Waals surface area contributed by atoms with Crippen molar-refractivity contribution in [1.82, 2.24) is 12.3 Å². The van der Waals surface area contributed by atoms with Crippen molar-refractivity contribution in [2.45, 2.75) is 4.90 Å². The summed E-state index contributed by atoms with van der Waals surface area (Å²) in [6.07, 6.45) is 0. The molecular formula is C8H12N2O7S. The summed E-state index contributed by atoms with van der Waals surface area (Å²) < 4.78 is 30.1. The number of hydrogen-bond donors (Lipinski definition) is 5. The third kappa shape index (κ3) is 3.78. The second kappa shape index (κ2) is 6.07. The van der Waals surface area contributed by atoms with E-state index in [1.807, 2.05) is 0 Å². The fourth-order valence-electron chi connectivity index (χ4n) is 1.05. The number of aromatic carboxylic acids is 2. The zero-order valence-electron chi connectivity index (χ0n) is 9.03. The molecule has 0 aliphatic carbocycles. The summed E-state index contributed by atoms with van der Waals surface area (Å²) in [5.74, 6) is -3.10. The molecule has 9 nitrogen and oxygen atoms in total. The highest BCUT2D eigenvalue weighted by Crippen LogP contribution is 2.16. The molecule has 1 aromatic rings. The van der Waals surface area contributed by atoms with E-state index in [4.69, 9.17) is 14.8 Å². The van der Waals surface area contributed by atoms with Gasteiger partial charge in [0, 0.05) is 0 Å². The zero-order valence-corrected chi connectivity index (χ0v) is 9.85. The maximum atomic E-state index is 10.7. The van der Waals surface area contributed by atoms with Gasteiger partial charge in [0.05, 0.1) is 16.0 Å². The normalized spacial score (nSPS) is 9.83. The third-order valence-corrected chi connectivity index (χ3v) is 2.60. The molecule has 102 valence electrons. The van der Waals surface area contributed by atoms with Crippen LogP contribution in [0, 0.1) is 0 Å². The number of carbonyl (C=O) groups is 2. The molecule has 0 aromatic heterocycles. The Morgan fingerprint density at radius 1 is 0.944 bits per heavy atom. The van der Waals surface area contributed by atoms with Gasteiger partial charge in [0.25, 0.3) is 10.1 Å². The Kier molecular flexibility index (Phi) is 6.19. The number of hydrogen-bond acceptors (Lipinski definition) is 6. The minimum absolute atomic E-state index is 0. The van der Waals surface area contributed by atoms with Crippen LogP contribution in [0.25, 0.3) is 0 Å². The van der Waals surface area contributed by atoms with Gasteiger partial charge in [-0.25, -0.2) is 9.59 Å². The van der Waals surface area contributed by atoms with Crippen LogP contribution in [0.3, 0.4) is 0 Å². The highest BCUT2D eigenvalue weighted by atomic mass is 32.2. The van der Waals surface area contributed by atoms with Gasteiger partial charge in [-0.1, -0.05) is 0 Å². The molecule has 0 fully saturated rings. The molecule has 0 bridgehead atoms. The average Bonchev–Trinajstić information content (AvgIpc) is 2.15. The van der Waals surface area contributed by atoms with Crippen LogP contribution in [0.4, 0.5) is 0 Å². The largest absolute Gasteiger partial charge is 0.478 e. The molecule has 0 aliphatic rings. The summed E-state index contributed by atoms with van der Waals surface area (Å²) in [4.78, 5) is 20.6. The number of carboxylic acid groups (broad SMARTS) is 2. The van der Waals surface area contributed by atoms with E-state index in [1.54, 1.807) is 0 Å². The summed E-state index contributed by atoms with van der Waals surface area (Å²) in [6.45, 7) is 0. The van der Waals surface area contributed by atoms with Gasteiger partial charge in [-0.15, -0.1) is 0 Å². The third-order valence-electron chi connectivity index (χ3n) is 1.75. The molecule has 0 radical (unpaired) electrons. The summed E-state index contributed by atoms with van der Waals surface area (Å²) in [7, 11) is -4.56. The first-order valence-electron chi connectivity index (χ1n) is 3.81. The fraction of sp³-hybridized carbons (Fsp3) is 0. The van der Waals surface area contributed by atoms with E-state index in [1.165, 1.54) is 0 Å². The van der Waals surface area contributed by atoms with E-state index in [9.17, 15) is 18.0 Å². The SMILES string of the molecule is N.N.O=C(O)c1ccc(S(=O)(=O)O)cc1C(=O)O. The Morgan fingerprint density at radius 3 is 1.72 bits per heavy atom. The van der Waals surface area contributed by atoms with Crippen LogP contribution in [0.2, 0.25) is 0 Å². The van der Waals surface area contributed by atoms with Crippen LogP contribution in [0.15, 0.2) is 23.1 Å². The first-order valence-corrected chi connectivity index (χ1v) is 5.25. The number of rotatable bonds is 3. The maximum absolute atomic E-state index is 10.7. The van der Waals surface area contributed by atoms with E-state index in [0.29, 0.717) is 6.07 Å². The Morgan fingerprint density at radius 2 is 1.39 bits per heavy atom. The topological polar surface area (TPSA) is 199 Å². The lowest BCUT2D eigenvalue weighted by atomic mass is 10.1. The van der Waals surface area contributed by atoms with Crippen LogP contribution in [0.1, 0.15) is 20.7 Å². The summed E-state index contributed by atoms with van der Waals surface area (Å²) >= 11 is 0. The highest BCUT2D eigenvalue weighted by Gasteiger charge is 2.19. The fourth-order valence-corrected chi connectivity index (χ4v) is 1.55. The second-order valence-corrected chi connectivity index (χ2v) is 4.21. The molecule has 0 saturated heterocycles. The van der Waals surface area contributed by atoms with E-state index in [0.717, 1.165) is 12.1 Å². The standard InChI is InChI=1S/C8H6O7S.2H3N/c9-7(10)5-2-1-4(16(13,14)15)3-6(5)8(11)12;;/h1-3H,(H,9,10)(H,11,12)(H,13,14,15);2*1H3. The molecule has 1 rings (SSSR count). The van der Waals surface area contributed by atoms with Crippen molar-refractivity contribution in [2.75, 3.05) is 0 Å². The molecule has 18 heavy (non-hydrogen) atoms. The van der Waals surface area contributed by atoms with E-state index >= 15 is 0 Å². The van der Waals surface area contributed by atoms with Crippen molar-refractivity contribution in [3.8, 4) is 0 Å². The van der Waals surface area contributed by atoms with Crippen molar-refractivity contribution in [2.24, 2.45) is 0 Å². The van der Waals surface area contributed by atoms with Crippen molar-refractivity contribution >= 4 is 22.1 Å². The summed E-state index contributed by atoms with van der Waals surface area (Å²) in [5, 5.41) is 17.3. The van der Waals surface area contributed by atoms with Gasteiger partial charge in [-0.05, 0) is 18.2 Å². The van der Waals surface area contributed by atoms with Crippen LogP contribution in [-0.2, 0) is 10.1 Å². The average molecular weight is 280 g/mol. The molecule has 0 aliphatic heterocycles. The first-order chi connectivity index (χ1) is 7.23. The summed E-state index contributed by atoms with van der Waals surface area (Å²) in [6, 6.07) is 2.20. The smallest absolute Gasteiger partial charge is 0.336 e. The Balaban J connectivity index is 0. The van der Waals surface area contributed by atoms with Gasteiger partial charge in [0.15, 0.2) is 0 Å². The maximum Gasteiger partial charge on any atom is 0.336 e. The monoisotopic (exact) mass is 280 g/mol. The molecule has 10 heteroatoms. The lowest BCUT2D eigenvalue weighted by Crippen LogP contribution is -2.10. The zero-order chi connectivity index (χ0) is 12.5. The first kappa shape index (κ1) is 18.4. The number of benzene rings is 1. The predicted molar refractivity (Wildman–Crippen MR) is 60.2 cm³/mol. The van der Waals surface area contributed by atoms with Crippen LogP contribution in [0.5, 0.6) is 0 Å². The van der Waals surface area contributed by atoms with Gasteiger partial charge in [0.1, 0.15) is 0 Å². The van der Waals surface area contributed by atoms with Crippen LogP contribution < -0.4 is 12.3 Å². The van der Waals surface area contributed by atoms with Crippen molar-refractivity contribution in [3.05, 3.63) is 29.3 Å². The van der Waals surface area contributed by atoms with Gasteiger partial charge in [-0.2, -0.15) is 8.42 Å². The van der Waals surface area contributed by atoms with Crippen LogP contribution >= 0.6 is 0 Å². The van der Waals surface area contributed by atoms with Gasteiger partial charge in [-0.3, -0.25) is 4.55 Å². The molecule has 0 spiro atoms. The lowest BCUT2D eigenvalue weighted by molar-refractivity contribution is 0.0651. The Hall–Kier alpha value is -2.01. The molecule has 1 aromatic carbocycles. The van der Waals surface area contributed by atoms with Crippen molar-refractivity contribution in [1.29, 1.82) is 0 Å².